The maximum absolute atomic E-state index is 12.0. The minimum absolute atomic E-state index is 0.618. The van der Waals surface area contributed by atoms with Gasteiger partial charge in [-0.1, -0.05) is 0 Å². The van der Waals surface area contributed by atoms with Crippen LogP contribution in [0.5, 0.6) is 0 Å². The summed E-state index contributed by atoms with van der Waals surface area (Å²) in [6, 6.07) is -1.35. The van der Waals surface area contributed by atoms with Crippen molar-refractivity contribution in [3.05, 3.63) is 0 Å². The molecular weight excluding hydrogens is 506 g/mol. The Morgan fingerprint density at radius 2 is 1.27 bits per heavy atom. The number of hydrogen-bond donors (Lipinski definition) is 9. The lowest BCUT2D eigenvalue weighted by atomic mass is 9.94. The first kappa shape index (κ1) is 30.5. The number of methoxy groups -OCH3 is 1. The maximum Gasteiger partial charge on any atom is 0.217 e. The van der Waals surface area contributed by atoms with Gasteiger partial charge in [0.1, 0.15) is 67.1 Å². The van der Waals surface area contributed by atoms with Crippen molar-refractivity contribution in [2.24, 2.45) is 0 Å². The van der Waals surface area contributed by atoms with Crippen LogP contribution in [0.25, 0.3) is 0 Å². The van der Waals surface area contributed by atoms with Gasteiger partial charge >= 0.3 is 0 Å². The first-order valence-electron chi connectivity index (χ1n) is 11.8. The zero-order valence-corrected chi connectivity index (χ0v) is 20.5. The fraction of sp³-hybridized carbons (Fsp3) is 0.952. The van der Waals surface area contributed by atoms with Crippen LogP contribution in [0, 0.1) is 0 Å². The highest BCUT2D eigenvalue weighted by Gasteiger charge is 2.53. The molecule has 3 aliphatic rings. The molecule has 216 valence electrons. The molecule has 0 aromatic heterocycles. The Morgan fingerprint density at radius 1 is 0.730 bits per heavy atom. The molecule has 3 fully saturated rings. The molecule has 9 N–H and O–H groups in total. The van der Waals surface area contributed by atoms with Crippen molar-refractivity contribution in [2.45, 2.75) is 106 Å². The van der Waals surface area contributed by atoms with Crippen molar-refractivity contribution in [3.8, 4) is 0 Å². The Labute approximate surface area is 212 Å². The number of nitrogens with one attached hydrogen (secondary N) is 1. The van der Waals surface area contributed by atoms with Crippen molar-refractivity contribution in [2.75, 3.05) is 20.3 Å². The molecule has 3 aliphatic heterocycles. The second kappa shape index (κ2) is 12.8. The maximum atomic E-state index is 12.0. The lowest BCUT2D eigenvalue weighted by Crippen LogP contribution is -2.69. The van der Waals surface area contributed by atoms with Gasteiger partial charge in [0.25, 0.3) is 0 Å². The van der Waals surface area contributed by atoms with Crippen LogP contribution in [-0.4, -0.2) is 159 Å². The van der Waals surface area contributed by atoms with Gasteiger partial charge in [-0.25, -0.2) is 0 Å². The fourth-order valence-electron chi connectivity index (χ4n) is 4.61. The van der Waals surface area contributed by atoms with Gasteiger partial charge in [-0.15, -0.1) is 0 Å². The van der Waals surface area contributed by atoms with E-state index in [0.29, 0.717) is 0 Å². The molecule has 0 aromatic carbocycles. The molecule has 15 atom stereocenters. The van der Waals surface area contributed by atoms with Gasteiger partial charge in [0, 0.05) is 14.0 Å². The van der Waals surface area contributed by atoms with E-state index in [4.69, 9.17) is 28.4 Å². The number of rotatable bonds is 8. The minimum atomic E-state index is -1.83. The molecule has 0 spiro atoms. The number of amides is 1. The molecule has 0 aliphatic carbocycles. The van der Waals surface area contributed by atoms with E-state index < -0.39 is 111 Å². The number of carbonyl (C=O) groups is 1. The fourth-order valence-corrected chi connectivity index (χ4v) is 4.61. The molecule has 37 heavy (non-hydrogen) atoms. The van der Waals surface area contributed by atoms with E-state index in [1.807, 2.05) is 0 Å². The largest absolute Gasteiger partial charge is 0.394 e. The van der Waals surface area contributed by atoms with Gasteiger partial charge in [0.15, 0.2) is 18.9 Å². The Balaban J connectivity index is 1.88. The van der Waals surface area contributed by atoms with Gasteiger partial charge in [-0.05, 0) is 6.92 Å². The second-order valence-electron chi connectivity index (χ2n) is 9.27. The van der Waals surface area contributed by atoms with E-state index in [0.717, 1.165) is 6.92 Å². The molecular formula is C21H37NO15. The highest BCUT2D eigenvalue weighted by Crippen LogP contribution is 2.32. The zero-order valence-electron chi connectivity index (χ0n) is 20.5. The lowest BCUT2D eigenvalue weighted by Gasteiger charge is -2.49. The van der Waals surface area contributed by atoms with E-state index in [1.165, 1.54) is 14.0 Å². The van der Waals surface area contributed by atoms with Crippen molar-refractivity contribution >= 4 is 5.91 Å². The van der Waals surface area contributed by atoms with Gasteiger partial charge in [0.05, 0.1) is 19.3 Å². The van der Waals surface area contributed by atoms with E-state index in [-0.39, 0.29) is 0 Å². The van der Waals surface area contributed by atoms with Crippen molar-refractivity contribution in [1.82, 2.24) is 5.32 Å². The van der Waals surface area contributed by atoms with E-state index in [1.54, 1.807) is 0 Å². The Bertz CT molecular complexity index is 745. The number of ether oxygens (including phenoxy) is 6. The van der Waals surface area contributed by atoms with Gasteiger partial charge < -0.3 is 74.6 Å². The van der Waals surface area contributed by atoms with Crippen LogP contribution in [0.3, 0.4) is 0 Å². The predicted molar refractivity (Wildman–Crippen MR) is 116 cm³/mol. The van der Waals surface area contributed by atoms with Crippen LogP contribution < -0.4 is 5.32 Å². The highest BCUT2D eigenvalue weighted by molar-refractivity contribution is 5.73. The van der Waals surface area contributed by atoms with Crippen LogP contribution in [0.1, 0.15) is 13.8 Å². The molecule has 3 heterocycles. The molecule has 0 unspecified atom stereocenters. The van der Waals surface area contributed by atoms with E-state index >= 15 is 0 Å². The van der Waals surface area contributed by atoms with Gasteiger partial charge in [-0.2, -0.15) is 0 Å². The molecule has 0 aromatic rings. The van der Waals surface area contributed by atoms with Crippen molar-refractivity contribution in [3.63, 3.8) is 0 Å². The lowest BCUT2D eigenvalue weighted by molar-refractivity contribution is -0.362. The molecule has 16 heteroatoms. The molecule has 0 bridgehead atoms. The summed E-state index contributed by atoms with van der Waals surface area (Å²) in [5.41, 5.74) is 0. The molecule has 3 saturated heterocycles. The number of carbonyl (C=O) groups excluding carboxylic acids is 1. The average Bonchev–Trinajstić information content (AvgIpc) is 2.86. The molecule has 0 saturated carbocycles. The smallest absolute Gasteiger partial charge is 0.217 e. The van der Waals surface area contributed by atoms with E-state index in [9.17, 15) is 45.6 Å². The normalized spacial score (nSPS) is 49.0. The Morgan fingerprint density at radius 3 is 1.84 bits per heavy atom. The Hall–Kier alpha value is -1.09. The van der Waals surface area contributed by atoms with Crippen molar-refractivity contribution in [1.29, 1.82) is 0 Å². The quantitative estimate of drug-likeness (QED) is 0.138. The summed E-state index contributed by atoms with van der Waals surface area (Å²) in [4.78, 5) is 12.0. The molecule has 16 nitrogen and oxygen atoms in total. The third-order valence-electron chi connectivity index (χ3n) is 6.66. The van der Waals surface area contributed by atoms with Crippen LogP contribution in [0.15, 0.2) is 0 Å². The first-order chi connectivity index (χ1) is 17.4. The summed E-state index contributed by atoms with van der Waals surface area (Å²) in [6.07, 6.45) is -20.5. The molecule has 3 rings (SSSR count). The van der Waals surface area contributed by atoms with Gasteiger partial charge in [-0.3, -0.25) is 4.79 Å². The topological polar surface area (TPSA) is 246 Å². The molecule has 1 amide bonds. The zero-order chi connectivity index (χ0) is 27.6. The summed E-state index contributed by atoms with van der Waals surface area (Å²) in [6.45, 7) is 1.21. The van der Waals surface area contributed by atoms with Crippen LogP contribution in [-0.2, 0) is 33.2 Å². The second-order valence-corrected chi connectivity index (χ2v) is 9.27. The summed E-state index contributed by atoms with van der Waals surface area (Å²) in [7, 11) is 1.28. The van der Waals surface area contributed by atoms with Crippen LogP contribution >= 0.6 is 0 Å². The SMILES string of the molecule is CO[C@@H]1O[C@H](C)[C@@H](O[C@H]2O[C@@H](CO)[C@H](O)[C@@H](O[C@H]3O[C@@H](CO)[C@H](O)[C@@H](O)[C@@H]3O)[C@@H]2NC(C)=O)[C@H](O)[C@H]1O. The monoisotopic (exact) mass is 543 g/mol. The van der Waals surface area contributed by atoms with Crippen molar-refractivity contribution < 1.29 is 74.1 Å². The van der Waals surface area contributed by atoms with Gasteiger partial charge in [0.2, 0.25) is 5.91 Å². The Kier molecular flexibility index (Phi) is 10.6. The summed E-state index contributed by atoms with van der Waals surface area (Å²) < 4.78 is 33.1. The minimum Gasteiger partial charge on any atom is -0.394 e. The number of hydrogen-bond acceptors (Lipinski definition) is 15. The van der Waals surface area contributed by atoms with Crippen LogP contribution in [0.2, 0.25) is 0 Å². The average molecular weight is 544 g/mol. The number of aliphatic hydroxyl groups excluding tert-OH is 8. The molecule has 0 radical (unpaired) electrons. The number of aliphatic hydroxyl groups is 8. The van der Waals surface area contributed by atoms with E-state index in [2.05, 4.69) is 5.32 Å². The third-order valence-corrected chi connectivity index (χ3v) is 6.66. The summed E-state index contributed by atoms with van der Waals surface area (Å²) in [5, 5.41) is 84.0. The summed E-state index contributed by atoms with van der Waals surface area (Å²) in [5.74, 6) is -0.618. The standard InChI is InChI=1S/C21H37NO15/c1-6-17(14(29)16(31)20(32-3)33-6)36-19-10(22-7(2)25)18(12(27)9(5-24)34-19)37-21-15(30)13(28)11(26)8(4-23)35-21/h6,8-21,23-24,26-31H,4-5H2,1-3H3,(H,22,25)/t6-,8+,9+,10+,11+,12+,13-,14-,15+,16-,17-,18+,19-,20-,21-/m1/s1. The summed E-state index contributed by atoms with van der Waals surface area (Å²) >= 11 is 0. The van der Waals surface area contributed by atoms with Crippen LogP contribution in [0.4, 0.5) is 0 Å². The predicted octanol–water partition coefficient (Wildman–Crippen LogP) is -5.75. The highest BCUT2D eigenvalue weighted by atomic mass is 16.7. The first-order valence-corrected chi connectivity index (χ1v) is 11.8. The third kappa shape index (κ3) is 6.39.